The molecule has 0 unspecified atom stereocenters. The molecule has 2 aromatic carbocycles. The Morgan fingerprint density at radius 1 is 1.00 bits per heavy atom. The first-order chi connectivity index (χ1) is 15.3. The zero-order valence-corrected chi connectivity index (χ0v) is 20.2. The molecule has 1 atom stereocenters. The Kier molecular flexibility index (Phi) is 7.00. The minimum absolute atomic E-state index is 0.00977. The lowest BCUT2D eigenvalue weighted by atomic mass is 9.95. The molecule has 0 aliphatic carbocycles. The van der Waals surface area contributed by atoms with E-state index in [9.17, 15) is 13.2 Å². The number of benzene rings is 2. The van der Waals surface area contributed by atoms with Gasteiger partial charge in [0.25, 0.3) is 0 Å². The van der Waals surface area contributed by atoms with Crippen molar-refractivity contribution in [3.05, 3.63) is 58.1 Å². The van der Waals surface area contributed by atoms with E-state index < -0.39 is 10.0 Å². The average molecular weight is 497 g/mol. The fourth-order valence-electron chi connectivity index (χ4n) is 4.59. The Hall–Kier alpha value is -1.80. The maximum Gasteiger partial charge on any atom is 0.244 e. The monoisotopic (exact) mass is 496 g/mol. The summed E-state index contributed by atoms with van der Waals surface area (Å²) in [6.45, 7) is 1.29. The van der Waals surface area contributed by atoms with Crippen LogP contribution in [0.15, 0.2) is 47.4 Å². The number of halogens is 2. The maximum atomic E-state index is 13.3. The summed E-state index contributed by atoms with van der Waals surface area (Å²) >= 11 is 12.1. The Labute approximate surface area is 199 Å². The van der Waals surface area contributed by atoms with Gasteiger partial charge in [0.1, 0.15) is 10.6 Å². The number of ether oxygens (including phenoxy) is 1. The van der Waals surface area contributed by atoms with Crippen molar-refractivity contribution in [3.8, 4) is 5.75 Å². The molecular weight excluding hydrogens is 471 g/mol. The molecule has 6 nitrogen and oxygen atoms in total. The van der Waals surface area contributed by atoms with E-state index in [4.69, 9.17) is 27.9 Å². The molecule has 32 heavy (non-hydrogen) atoms. The number of sulfonamides is 1. The number of hydrogen-bond donors (Lipinski definition) is 0. The van der Waals surface area contributed by atoms with E-state index in [2.05, 4.69) is 0 Å². The van der Waals surface area contributed by atoms with Gasteiger partial charge in [0.2, 0.25) is 15.9 Å². The van der Waals surface area contributed by atoms with Crippen molar-refractivity contribution in [3.63, 3.8) is 0 Å². The highest BCUT2D eigenvalue weighted by Gasteiger charge is 2.38. The normalized spacial score (nSPS) is 20.5. The lowest BCUT2D eigenvalue weighted by Gasteiger charge is -2.34. The zero-order chi connectivity index (χ0) is 22.9. The van der Waals surface area contributed by atoms with Gasteiger partial charge in [-0.15, -0.1) is 0 Å². The Morgan fingerprint density at radius 2 is 1.69 bits per heavy atom. The maximum absolute atomic E-state index is 13.3. The second-order valence-corrected chi connectivity index (χ2v) is 11.0. The molecule has 0 spiro atoms. The number of hydrogen-bond acceptors (Lipinski definition) is 4. The van der Waals surface area contributed by atoms with Gasteiger partial charge in [-0.25, -0.2) is 8.42 Å². The zero-order valence-electron chi connectivity index (χ0n) is 17.8. The fourth-order valence-corrected chi connectivity index (χ4v) is 6.80. The van der Waals surface area contributed by atoms with E-state index in [1.165, 1.54) is 16.4 Å². The summed E-state index contributed by atoms with van der Waals surface area (Å²) in [5, 5.41) is 0.462. The predicted octanol–water partition coefficient (Wildman–Crippen LogP) is 4.77. The van der Waals surface area contributed by atoms with Crippen LogP contribution >= 0.6 is 23.2 Å². The van der Waals surface area contributed by atoms with Crippen LogP contribution in [0, 0.1) is 5.92 Å². The second-order valence-electron chi connectivity index (χ2n) is 8.22. The number of rotatable bonds is 5. The van der Waals surface area contributed by atoms with Crippen molar-refractivity contribution in [1.82, 2.24) is 9.21 Å². The quantitative estimate of drug-likeness (QED) is 0.597. The summed E-state index contributed by atoms with van der Waals surface area (Å²) in [5.74, 6) is 0.717. The van der Waals surface area contributed by atoms with E-state index >= 15 is 0 Å². The first-order valence-electron chi connectivity index (χ1n) is 10.7. The van der Waals surface area contributed by atoms with E-state index in [1.807, 2.05) is 29.2 Å². The molecule has 172 valence electrons. The Morgan fingerprint density at radius 3 is 2.34 bits per heavy atom. The highest BCUT2D eigenvalue weighted by Crippen LogP contribution is 2.36. The topological polar surface area (TPSA) is 66.9 Å². The van der Waals surface area contributed by atoms with Crippen molar-refractivity contribution in [1.29, 1.82) is 0 Å². The molecule has 2 saturated heterocycles. The van der Waals surface area contributed by atoms with Crippen LogP contribution in [-0.4, -0.2) is 50.3 Å². The molecule has 9 heteroatoms. The molecule has 2 fully saturated rings. The minimum atomic E-state index is -3.76. The van der Waals surface area contributed by atoms with Crippen LogP contribution in [-0.2, 0) is 14.8 Å². The molecule has 0 radical (unpaired) electrons. The molecule has 1 amide bonds. The first-order valence-corrected chi connectivity index (χ1v) is 12.9. The summed E-state index contributed by atoms with van der Waals surface area (Å²) in [5.41, 5.74) is 1.10. The van der Waals surface area contributed by atoms with E-state index in [1.54, 1.807) is 13.2 Å². The summed E-state index contributed by atoms with van der Waals surface area (Å²) in [4.78, 5) is 15.3. The van der Waals surface area contributed by atoms with Crippen molar-refractivity contribution in [2.24, 2.45) is 5.92 Å². The number of nitrogens with zero attached hydrogens (tertiary/aromatic N) is 2. The standard InChI is InChI=1S/C23H26Cl2N2O4S/c1-31-19-7-4-16(5-8-19)21-3-2-12-27(21)23(28)17-10-13-26(14-11-17)32(29,30)22-15-18(24)6-9-20(22)25/h4-9,15,17,21H,2-3,10-14H2,1H3/t21-/m0/s1. The highest BCUT2D eigenvalue weighted by atomic mass is 35.5. The van der Waals surface area contributed by atoms with Gasteiger partial charge in [0.05, 0.1) is 18.2 Å². The second kappa shape index (κ2) is 9.59. The molecular formula is C23H26Cl2N2O4S. The van der Waals surface area contributed by atoms with Crippen molar-refractivity contribution >= 4 is 39.1 Å². The predicted molar refractivity (Wildman–Crippen MR) is 125 cm³/mol. The molecule has 2 heterocycles. The highest BCUT2D eigenvalue weighted by molar-refractivity contribution is 7.89. The van der Waals surface area contributed by atoms with Gasteiger partial charge >= 0.3 is 0 Å². The average Bonchev–Trinajstić information content (AvgIpc) is 3.30. The number of methoxy groups -OCH3 is 1. The number of piperidine rings is 1. The lowest BCUT2D eigenvalue weighted by molar-refractivity contribution is -0.137. The SMILES string of the molecule is COc1ccc([C@@H]2CCCN2C(=O)C2CCN(S(=O)(=O)c3cc(Cl)ccc3Cl)CC2)cc1. The van der Waals surface area contributed by atoms with Crippen molar-refractivity contribution < 1.29 is 17.9 Å². The van der Waals surface area contributed by atoms with Gasteiger partial charge in [-0.2, -0.15) is 4.31 Å². The van der Waals surface area contributed by atoms with E-state index in [0.717, 1.165) is 30.7 Å². The van der Waals surface area contributed by atoms with E-state index in [-0.39, 0.29) is 40.9 Å². The molecule has 0 bridgehead atoms. The van der Waals surface area contributed by atoms with Crippen LogP contribution in [0.25, 0.3) is 0 Å². The van der Waals surface area contributed by atoms with Crippen LogP contribution in [0.5, 0.6) is 5.75 Å². The van der Waals surface area contributed by atoms with Crippen LogP contribution in [0.4, 0.5) is 0 Å². The van der Waals surface area contributed by atoms with Gasteiger partial charge in [-0.3, -0.25) is 4.79 Å². The van der Waals surface area contributed by atoms with E-state index in [0.29, 0.717) is 17.9 Å². The lowest BCUT2D eigenvalue weighted by Crippen LogP contribution is -2.44. The summed E-state index contributed by atoms with van der Waals surface area (Å²) in [7, 11) is -2.13. The van der Waals surface area contributed by atoms with Crippen molar-refractivity contribution in [2.45, 2.75) is 36.6 Å². The smallest absolute Gasteiger partial charge is 0.244 e. The third-order valence-corrected chi connectivity index (χ3v) is 8.97. The van der Waals surface area contributed by atoms with Gasteiger partial charge in [-0.05, 0) is 61.6 Å². The summed E-state index contributed by atoms with van der Waals surface area (Å²) in [6, 6.07) is 12.3. The largest absolute Gasteiger partial charge is 0.497 e. The number of carbonyl (C=O) groups excluding carboxylic acids is 1. The van der Waals surface area contributed by atoms with Crippen LogP contribution in [0.2, 0.25) is 10.0 Å². The molecule has 0 saturated carbocycles. The molecule has 2 aliphatic heterocycles. The third kappa shape index (κ3) is 4.62. The van der Waals surface area contributed by atoms with Gasteiger partial charge in [0.15, 0.2) is 0 Å². The third-order valence-electron chi connectivity index (χ3n) is 6.35. The molecule has 4 rings (SSSR count). The first kappa shape index (κ1) is 23.4. The summed E-state index contributed by atoms with van der Waals surface area (Å²) in [6.07, 6.45) is 2.87. The van der Waals surface area contributed by atoms with Crippen molar-refractivity contribution in [2.75, 3.05) is 26.7 Å². The number of carbonyl (C=O) groups is 1. The molecule has 2 aromatic rings. The van der Waals surface area contributed by atoms with Crippen LogP contribution in [0.3, 0.4) is 0 Å². The fraction of sp³-hybridized carbons (Fsp3) is 0.435. The van der Waals surface area contributed by atoms with Gasteiger partial charge < -0.3 is 9.64 Å². The molecule has 2 aliphatic rings. The Bertz CT molecular complexity index is 1080. The molecule has 0 aromatic heterocycles. The minimum Gasteiger partial charge on any atom is -0.497 e. The van der Waals surface area contributed by atoms with Crippen LogP contribution < -0.4 is 4.74 Å². The molecule has 0 N–H and O–H groups in total. The summed E-state index contributed by atoms with van der Waals surface area (Å²) < 4.78 is 32.8. The number of likely N-dealkylation sites (tertiary alicyclic amines) is 1. The van der Waals surface area contributed by atoms with Crippen LogP contribution in [0.1, 0.15) is 37.3 Å². The Balaban J connectivity index is 1.43. The van der Waals surface area contributed by atoms with Gasteiger partial charge in [-0.1, -0.05) is 35.3 Å². The van der Waals surface area contributed by atoms with Gasteiger partial charge in [0, 0.05) is 30.6 Å². The number of amides is 1.